The summed E-state index contributed by atoms with van der Waals surface area (Å²) in [5.74, 6) is -1.23. The fourth-order valence-corrected chi connectivity index (χ4v) is 5.08. The number of rotatable bonds is 3. The molecule has 162 valence electrons. The van der Waals surface area contributed by atoms with Gasteiger partial charge in [-0.05, 0) is 61.7 Å². The average Bonchev–Trinajstić information content (AvgIpc) is 3.26. The quantitative estimate of drug-likeness (QED) is 0.511. The summed E-state index contributed by atoms with van der Waals surface area (Å²) in [6.07, 6.45) is -0.886. The molecule has 32 heavy (non-hydrogen) atoms. The molecule has 6 heteroatoms. The van der Waals surface area contributed by atoms with Crippen molar-refractivity contribution in [2.24, 2.45) is 5.92 Å². The molecule has 0 aromatic heterocycles. The summed E-state index contributed by atoms with van der Waals surface area (Å²) in [6.45, 7) is 5.86. The van der Waals surface area contributed by atoms with Crippen molar-refractivity contribution < 1.29 is 14.4 Å². The van der Waals surface area contributed by atoms with Gasteiger partial charge in [0.15, 0.2) is 6.10 Å². The third kappa shape index (κ3) is 3.20. The molecule has 0 N–H and O–H groups in total. The lowest BCUT2D eigenvalue weighted by Crippen LogP contribution is -2.38. The summed E-state index contributed by atoms with van der Waals surface area (Å²) in [5, 5.41) is 2.30. The van der Waals surface area contributed by atoms with Crippen LogP contribution in [0.15, 0.2) is 66.7 Å². The van der Waals surface area contributed by atoms with Crippen molar-refractivity contribution in [2.75, 3.05) is 9.96 Å². The number of hydrogen-bond acceptors (Lipinski definition) is 4. The smallest absolute Gasteiger partial charge is 0.266 e. The summed E-state index contributed by atoms with van der Waals surface area (Å²) < 4.78 is 0. The van der Waals surface area contributed by atoms with E-state index in [0.717, 1.165) is 27.9 Å². The molecule has 2 heterocycles. The van der Waals surface area contributed by atoms with Crippen LogP contribution in [0, 0.1) is 26.7 Å². The molecule has 2 aliphatic rings. The van der Waals surface area contributed by atoms with Crippen LogP contribution in [-0.2, 0) is 14.4 Å². The first-order valence-corrected chi connectivity index (χ1v) is 11.0. The molecule has 0 aliphatic carbocycles. The van der Waals surface area contributed by atoms with Crippen LogP contribution in [0.3, 0.4) is 0 Å². The molecule has 2 fully saturated rings. The molecule has 3 atom stereocenters. The number of para-hydroxylation sites is 1. The van der Waals surface area contributed by atoms with Crippen molar-refractivity contribution in [3.05, 3.63) is 94.0 Å². The van der Waals surface area contributed by atoms with Gasteiger partial charge in [0, 0.05) is 5.02 Å². The molecular formula is C26H23ClN2O3. The van der Waals surface area contributed by atoms with Gasteiger partial charge >= 0.3 is 0 Å². The number of fused-ring (bicyclic) bond motifs is 1. The Labute approximate surface area is 192 Å². The van der Waals surface area contributed by atoms with Gasteiger partial charge < -0.3 is 0 Å². The molecule has 2 saturated heterocycles. The molecule has 3 aromatic carbocycles. The van der Waals surface area contributed by atoms with Crippen molar-refractivity contribution in [2.45, 2.75) is 32.9 Å². The first kappa shape index (κ1) is 20.7. The maximum atomic E-state index is 13.8. The van der Waals surface area contributed by atoms with Crippen LogP contribution in [0.1, 0.15) is 28.3 Å². The van der Waals surface area contributed by atoms with Crippen molar-refractivity contribution in [1.82, 2.24) is 0 Å². The van der Waals surface area contributed by atoms with E-state index in [-0.39, 0.29) is 11.8 Å². The van der Waals surface area contributed by atoms with Gasteiger partial charge in [-0.3, -0.25) is 14.4 Å². The highest BCUT2D eigenvalue weighted by atomic mass is 35.5. The van der Waals surface area contributed by atoms with Crippen LogP contribution in [0.2, 0.25) is 5.02 Å². The first-order chi connectivity index (χ1) is 15.4. The van der Waals surface area contributed by atoms with Crippen LogP contribution in [0.5, 0.6) is 0 Å². The fourth-order valence-electron chi connectivity index (χ4n) is 4.96. The molecule has 0 bridgehead atoms. The summed E-state index contributed by atoms with van der Waals surface area (Å²) in [5.41, 5.74) is 5.19. The van der Waals surface area contributed by atoms with Gasteiger partial charge in [0.2, 0.25) is 5.91 Å². The third-order valence-corrected chi connectivity index (χ3v) is 6.45. The van der Waals surface area contributed by atoms with Crippen LogP contribution < -0.4 is 9.96 Å². The largest absolute Gasteiger partial charge is 0.273 e. The number of hydrogen-bond donors (Lipinski definition) is 0. The van der Waals surface area contributed by atoms with E-state index >= 15 is 0 Å². The van der Waals surface area contributed by atoms with E-state index in [0.29, 0.717) is 10.7 Å². The second-order valence-electron chi connectivity index (χ2n) is 8.47. The number of anilines is 2. The molecule has 3 aromatic rings. The zero-order valence-corrected chi connectivity index (χ0v) is 18.8. The van der Waals surface area contributed by atoms with Crippen LogP contribution in [0.4, 0.5) is 11.4 Å². The van der Waals surface area contributed by atoms with Crippen molar-refractivity contribution >= 4 is 34.8 Å². The molecule has 0 saturated carbocycles. The second kappa shape index (κ2) is 7.76. The lowest BCUT2D eigenvalue weighted by atomic mass is 9.90. The predicted octanol–water partition coefficient (Wildman–Crippen LogP) is 5.32. The van der Waals surface area contributed by atoms with Crippen LogP contribution in [-0.4, -0.2) is 17.9 Å². The molecule has 2 aliphatic heterocycles. The van der Waals surface area contributed by atoms with Crippen molar-refractivity contribution in [1.29, 1.82) is 0 Å². The minimum atomic E-state index is -0.886. The fraction of sp³-hybridized carbons (Fsp3) is 0.231. The standard InChI is InChI=1S/C26H23ClN2O3/c1-15-13-16(2)22(17(3)14-15)28-25(30)21-23(18-9-11-19(27)12-10-18)29(32-24(21)26(28)31)20-7-5-4-6-8-20/h4-14,21,23-24H,1-3H3/t21-,23+,24-/m1/s1. The average molecular weight is 447 g/mol. The third-order valence-electron chi connectivity index (χ3n) is 6.20. The van der Waals surface area contributed by atoms with Gasteiger partial charge in [-0.25, -0.2) is 9.96 Å². The number of carbonyl (C=O) groups excluding carboxylic acids is 2. The van der Waals surface area contributed by atoms with Gasteiger partial charge in [-0.1, -0.05) is 59.6 Å². The van der Waals surface area contributed by atoms with Gasteiger partial charge in [0.1, 0.15) is 5.92 Å². The Morgan fingerprint density at radius 3 is 2.09 bits per heavy atom. The molecule has 5 nitrogen and oxygen atoms in total. The van der Waals surface area contributed by atoms with Crippen LogP contribution >= 0.6 is 11.6 Å². The predicted molar refractivity (Wildman–Crippen MR) is 125 cm³/mol. The Hall–Kier alpha value is -3.15. The lowest BCUT2D eigenvalue weighted by molar-refractivity contribution is -0.126. The van der Waals surface area contributed by atoms with Crippen molar-refractivity contribution in [3.8, 4) is 0 Å². The minimum Gasteiger partial charge on any atom is -0.273 e. The number of carbonyl (C=O) groups is 2. The number of aryl methyl sites for hydroxylation is 3. The van der Waals surface area contributed by atoms with E-state index in [2.05, 4.69) is 0 Å². The number of halogens is 1. The molecule has 0 unspecified atom stereocenters. The molecule has 5 rings (SSSR count). The molecule has 0 spiro atoms. The van der Waals surface area contributed by atoms with Gasteiger partial charge in [0.25, 0.3) is 5.91 Å². The zero-order chi connectivity index (χ0) is 22.6. The second-order valence-corrected chi connectivity index (χ2v) is 8.91. The Kier molecular flexibility index (Phi) is 5.03. The minimum absolute atomic E-state index is 0.242. The number of amides is 2. The Morgan fingerprint density at radius 2 is 1.47 bits per heavy atom. The topological polar surface area (TPSA) is 49.9 Å². The maximum Gasteiger partial charge on any atom is 0.266 e. The van der Waals surface area contributed by atoms with E-state index < -0.39 is 18.1 Å². The summed E-state index contributed by atoms with van der Waals surface area (Å²) in [7, 11) is 0. The lowest BCUT2D eigenvalue weighted by Gasteiger charge is -2.29. The van der Waals surface area contributed by atoms with E-state index in [9.17, 15) is 9.59 Å². The summed E-state index contributed by atoms with van der Waals surface area (Å²) in [6, 6.07) is 20.4. The first-order valence-electron chi connectivity index (χ1n) is 10.6. The number of benzene rings is 3. The number of imide groups is 1. The highest BCUT2D eigenvalue weighted by Crippen LogP contribution is 2.48. The maximum absolute atomic E-state index is 13.8. The zero-order valence-electron chi connectivity index (χ0n) is 18.1. The molecule has 2 amide bonds. The van der Waals surface area contributed by atoms with Crippen molar-refractivity contribution in [3.63, 3.8) is 0 Å². The molecular weight excluding hydrogens is 424 g/mol. The normalized spacial score (nSPS) is 22.6. The summed E-state index contributed by atoms with van der Waals surface area (Å²) in [4.78, 5) is 34.8. The Bertz CT molecular complexity index is 1190. The highest BCUT2D eigenvalue weighted by molar-refractivity contribution is 6.30. The van der Waals surface area contributed by atoms with Gasteiger partial charge in [0.05, 0.1) is 17.4 Å². The van der Waals surface area contributed by atoms with Gasteiger partial charge in [-0.2, -0.15) is 0 Å². The Balaban J connectivity index is 1.61. The van der Waals surface area contributed by atoms with E-state index in [4.69, 9.17) is 16.4 Å². The van der Waals surface area contributed by atoms with Gasteiger partial charge in [-0.15, -0.1) is 0 Å². The molecule has 0 radical (unpaired) electrons. The van der Waals surface area contributed by atoms with E-state index in [1.807, 2.05) is 75.4 Å². The Morgan fingerprint density at radius 1 is 0.844 bits per heavy atom. The summed E-state index contributed by atoms with van der Waals surface area (Å²) >= 11 is 6.11. The number of hydroxylamine groups is 1. The SMILES string of the molecule is Cc1cc(C)c(N2C(=O)[C@H]3[C@@H](ON(c4ccccc4)[C@H]3c3ccc(Cl)cc3)C2=O)c(C)c1. The van der Waals surface area contributed by atoms with E-state index in [1.165, 1.54) is 4.90 Å². The highest BCUT2D eigenvalue weighted by Gasteiger charge is 2.60. The number of nitrogens with zero attached hydrogens (tertiary/aromatic N) is 2. The van der Waals surface area contributed by atoms with E-state index in [1.54, 1.807) is 17.2 Å². The monoisotopic (exact) mass is 446 g/mol. The van der Waals surface area contributed by atoms with Crippen LogP contribution in [0.25, 0.3) is 0 Å².